The van der Waals surface area contributed by atoms with E-state index in [1.165, 1.54) is 7.11 Å². The summed E-state index contributed by atoms with van der Waals surface area (Å²) >= 11 is 5.60. The van der Waals surface area contributed by atoms with Crippen molar-refractivity contribution in [2.75, 3.05) is 7.11 Å². The second-order valence-electron chi connectivity index (χ2n) is 2.52. The molecule has 62 valence electrons. The molecule has 0 aromatic heterocycles. The van der Waals surface area contributed by atoms with Crippen LogP contribution < -0.4 is 0 Å². The zero-order valence-electron chi connectivity index (χ0n) is 6.17. The molecule has 1 aliphatic carbocycles. The van der Waals surface area contributed by atoms with Gasteiger partial charge in [0.1, 0.15) is 5.92 Å². The molecule has 11 heavy (non-hydrogen) atoms. The molecule has 0 bridgehead atoms. The van der Waals surface area contributed by atoms with E-state index in [0.29, 0.717) is 12.8 Å². The highest BCUT2D eigenvalue weighted by atomic mass is 35.5. The topological polar surface area (TPSA) is 43.4 Å². The van der Waals surface area contributed by atoms with E-state index in [4.69, 9.17) is 11.6 Å². The Bertz CT molecular complexity index is 190. The molecule has 0 amide bonds. The van der Waals surface area contributed by atoms with Gasteiger partial charge in [0.25, 0.3) is 0 Å². The maximum Gasteiger partial charge on any atom is 0.316 e. The van der Waals surface area contributed by atoms with E-state index >= 15 is 0 Å². The van der Waals surface area contributed by atoms with Crippen molar-refractivity contribution in [3.05, 3.63) is 0 Å². The van der Waals surface area contributed by atoms with E-state index in [2.05, 4.69) is 4.74 Å². The Morgan fingerprint density at radius 3 is 2.64 bits per heavy atom. The van der Waals surface area contributed by atoms with Gasteiger partial charge < -0.3 is 4.74 Å². The number of esters is 1. The summed E-state index contributed by atoms with van der Waals surface area (Å²) in [5.74, 6) is -1.26. The van der Waals surface area contributed by atoms with Crippen LogP contribution in [0.4, 0.5) is 0 Å². The van der Waals surface area contributed by atoms with Crippen LogP contribution >= 0.6 is 11.6 Å². The lowest BCUT2D eigenvalue weighted by Crippen LogP contribution is -2.23. The molecule has 1 aliphatic rings. The fourth-order valence-corrected chi connectivity index (χ4v) is 1.47. The quantitative estimate of drug-likeness (QED) is 0.336. The van der Waals surface area contributed by atoms with Crippen LogP contribution in [0.3, 0.4) is 0 Å². The summed E-state index contributed by atoms with van der Waals surface area (Å²) in [5.41, 5.74) is 0. The predicted molar refractivity (Wildman–Crippen MR) is 39.4 cm³/mol. The van der Waals surface area contributed by atoms with Gasteiger partial charge in [-0.3, -0.25) is 9.59 Å². The first kappa shape index (κ1) is 8.53. The number of methoxy groups -OCH3 is 1. The Morgan fingerprint density at radius 1 is 1.64 bits per heavy atom. The lowest BCUT2D eigenvalue weighted by Gasteiger charge is -2.03. The molecule has 0 aromatic carbocycles. The summed E-state index contributed by atoms with van der Waals surface area (Å²) in [4.78, 5) is 21.9. The van der Waals surface area contributed by atoms with Gasteiger partial charge in [-0.25, -0.2) is 0 Å². The summed E-state index contributed by atoms with van der Waals surface area (Å²) in [6, 6.07) is 0. The monoisotopic (exact) mass is 176 g/mol. The number of halogens is 1. The average molecular weight is 177 g/mol. The van der Waals surface area contributed by atoms with Crippen LogP contribution in [0.5, 0.6) is 0 Å². The highest BCUT2D eigenvalue weighted by molar-refractivity contribution is 6.33. The molecule has 1 rings (SSSR count). The van der Waals surface area contributed by atoms with Crippen molar-refractivity contribution >= 4 is 23.4 Å². The number of Topliss-reactive ketones (excluding diaryl/α,β-unsaturated/α-hetero) is 1. The van der Waals surface area contributed by atoms with Gasteiger partial charge in [-0.1, -0.05) is 0 Å². The summed E-state index contributed by atoms with van der Waals surface area (Å²) in [6.45, 7) is 0. The van der Waals surface area contributed by atoms with Crippen LogP contribution in [-0.2, 0) is 14.3 Å². The zero-order chi connectivity index (χ0) is 8.43. The molecular formula is C7H9ClO3. The Hall–Kier alpha value is -0.570. The third-order valence-electron chi connectivity index (χ3n) is 1.85. The van der Waals surface area contributed by atoms with Crippen LogP contribution in [0.2, 0.25) is 0 Å². The maximum absolute atomic E-state index is 11.1. The van der Waals surface area contributed by atoms with Crippen LogP contribution in [0.25, 0.3) is 0 Å². The second-order valence-corrected chi connectivity index (χ2v) is 3.05. The fourth-order valence-electron chi connectivity index (χ4n) is 1.19. The van der Waals surface area contributed by atoms with Crippen LogP contribution in [-0.4, -0.2) is 24.2 Å². The Morgan fingerprint density at radius 2 is 2.27 bits per heavy atom. The molecule has 2 atom stereocenters. The van der Waals surface area contributed by atoms with Crippen molar-refractivity contribution in [1.29, 1.82) is 0 Å². The molecule has 0 aromatic rings. The second kappa shape index (κ2) is 3.22. The first-order valence-electron chi connectivity index (χ1n) is 3.42. The lowest BCUT2D eigenvalue weighted by atomic mass is 10.1. The average Bonchev–Trinajstić information content (AvgIpc) is 2.32. The number of ether oxygens (including phenoxy) is 1. The number of alkyl halides is 1. The van der Waals surface area contributed by atoms with E-state index in [0.717, 1.165) is 0 Å². The first-order valence-corrected chi connectivity index (χ1v) is 3.86. The minimum atomic E-state index is -0.609. The largest absolute Gasteiger partial charge is 0.468 e. The van der Waals surface area contributed by atoms with Gasteiger partial charge in [0.15, 0.2) is 5.78 Å². The third-order valence-corrected chi connectivity index (χ3v) is 2.28. The normalized spacial score (nSPS) is 30.5. The van der Waals surface area contributed by atoms with E-state index in [-0.39, 0.29) is 5.78 Å². The van der Waals surface area contributed by atoms with Crippen molar-refractivity contribution < 1.29 is 14.3 Å². The number of rotatable bonds is 1. The fraction of sp³-hybridized carbons (Fsp3) is 0.714. The molecule has 3 nitrogen and oxygen atoms in total. The minimum Gasteiger partial charge on any atom is -0.468 e. The van der Waals surface area contributed by atoms with Crippen molar-refractivity contribution in [3.63, 3.8) is 0 Å². The molecule has 1 fully saturated rings. The molecule has 0 heterocycles. The number of ketones is 1. The van der Waals surface area contributed by atoms with E-state index < -0.39 is 17.3 Å². The van der Waals surface area contributed by atoms with E-state index in [1.54, 1.807) is 0 Å². The minimum absolute atomic E-state index is 0.196. The Labute approximate surface area is 69.7 Å². The SMILES string of the molecule is COC(=O)C1CCC(Cl)C1=O. The first-order chi connectivity index (χ1) is 5.16. The van der Waals surface area contributed by atoms with E-state index in [1.807, 2.05) is 0 Å². The zero-order valence-corrected chi connectivity index (χ0v) is 6.93. The Balaban J connectivity index is 2.62. The predicted octanol–water partition coefficient (Wildman–Crippen LogP) is 0.746. The van der Waals surface area contributed by atoms with Crippen LogP contribution in [0.1, 0.15) is 12.8 Å². The van der Waals surface area contributed by atoms with Crippen molar-refractivity contribution in [2.24, 2.45) is 5.92 Å². The molecule has 1 saturated carbocycles. The number of carbonyl (C=O) groups is 2. The molecular weight excluding hydrogens is 168 g/mol. The van der Waals surface area contributed by atoms with Gasteiger partial charge in [0.2, 0.25) is 0 Å². The van der Waals surface area contributed by atoms with Gasteiger partial charge in [0.05, 0.1) is 12.5 Å². The molecule has 0 N–H and O–H groups in total. The van der Waals surface area contributed by atoms with Gasteiger partial charge in [-0.15, -0.1) is 11.6 Å². The molecule has 2 unspecified atom stereocenters. The Kier molecular flexibility index (Phi) is 2.49. The molecule has 0 aliphatic heterocycles. The number of carbonyl (C=O) groups excluding carboxylic acids is 2. The lowest BCUT2D eigenvalue weighted by molar-refractivity contribution is -0.148. The number of hydrogen-bond donors (Lipinski definition) is 0. The van der Waals surface area contributed by atoms with E-state index in [9.17, 15) is 9.59 Å². The molecule has 0 spiro atoms. The van der Waals surface area contributed by atoms with Crippen molar-refractivity contribution in [1.82, 2.24) is 0 Å². The van der Waals surface area contributed by atoms with Crippen molar-refractivity contribution in [3.8, 4) is 0 Å². The third kappa shape index (κ3) is 1.53. The van der Waals surface area contributed by atoms with Gasteiger partial charge in [0, 0.05) is 0 Å². The smallest absolute Gasteiger partial charge is 0.316 e. The van der Waals surface area contributed by atoms with Crippen molar-refractivity contribution in [2.45, 2.75) is 18.2 Å². The van der Waals surface area contributed by atoms with Crippen LogP contribution in [0.15, 0.2) is 0 Å². The summed E-state index contributed by atoms with van der Waals surface area (Å²) in [6.07, 6.45) is 1.11. The van der Waals surface area contributed by atoms with Gasteiger partial charge in [-0.2, -0.15) is 0 Å². The standard InChI is InChI=1S/C7H9ClO3/c1-11-7(10)4-2-3-5(8)6(4)9/h4-5H,2-3H2,1H3. The summed E-state index contributed by atoms with van der Waals surface area (Å²) < 4.78 is 4.43. The van der Waals surface area contributed by atoms with Gasteiger partial charge in [-0.05, 0) is 12.8 Å². The molecule has 4 heteroatoms. The molecule has 0 saturated heterocycles. The number of hydrogen-bond acceptors (Lipinski definition) is 3. The highest BCUT2D eigenvalue weighted by Crippen LogP contribution is 2.26. The van der Waals surface area contributed by atoms with Crippen LogP contribution in [0, 0.1) is 5.92 Å². The summed E-state index contributed by atoms with van der Waals surface area (Å²) in [5, 5.41) is -0.487. The highest BCUT2D eigenvalue weighted by Gasteiger charge is 2.38. The molecule has 0 radical (unpaired) electrons. The van der Waals surface area contributed by atoms with Gasteiger partial charge >= 0.3 is 5.97 Å². The maximum atomic E-state index is 11.1. The summed E-state index contributed by atoms with van der Waals surface area (Å²) in [7, 11) is 1.27.